The Kier molecular flexibility index (Phi) is 9.47. The van der Waals surface area contributed by atoms with Gasteiger partial charge in [-0.05, 0) is 39.5 Å². The van der Waals surface area contributed by atoms with Gasteiger partial charge in [-0.3, -0.25) is 0 Å². The molecule has 1 saturated carbocycles. The summed E-state index contributed by atoms with van der Waals surface area (Å²) in [5, 5.41) is 2.87. The molecule has 0 heterocycles. The summed E-state index contributed by atoms with van der Waals surface area (Å²) >= 11 is 0. The topological polar surface area (TPSA) is 92.0 Å². The van der Waals surface area contributed by atoms with Crippen molar-refractivity contribution in [2.24, 2.45) is 11.7 Å². The lowest BCUT2D eigenvalue weighted by Gasteiger charge is -2.35. The SMILES string of the molecule is CC(C)(C)OC(=O)N[C@H]1C[C@H](COCCOCCOCCN)C1. The third-order valence-electron chi connectivity index (χ3n) is 3.32. The number of carbonyl (C=O) groups is 1. The number of hydrogen-bond donors (Lipinski definition) is 2. The molecule has 1 amide bonds. The Bertz CT molecular complexity index is 327. The number of hydrogen-bond acceptors (Lipinski definition) is 6. The van der Waals surface area contributed by atoms with Gasteiger partial charge >= 0.3 is 6.09 Å². The monoisotopic (exact) mass is 332 g/mol. The Morgan fingerprint density at radius 1 is 1.04 bits per heavy atom. The van der Waals surface area contributed by atoms with Crippen molar-refractivity contribution in [3.8, 4) is 0 Å². The van der Waals surface area contributed by atoms with Gasteiger partial charge in [0, 0.05) is 19.2 Å². The molecule has 7 nitrogen and oxygen atoms in total. The standard InChI is InChI=1S/C16H32N2O5/c1-16(2,3)23-15(19)18-14-10-13(11-14)12-22-9-8-21-7-6-20-5-4-17/h13-14H,4-12,17H2,1-3H3,(H,18,19)/t13-,14-. The van der Waals surface area contributed by atoms with Crippen molar-refractivity contribution >= 4 is 6.09 Å². The van der Waals surface area contributed by atoms with Crippen LogP contribution in [0.5, 0.6) is 0 Å². The molecular formula is C16H32N2O5. The van der Waals surface area contributed by atoms with Crippen LogP contribution in [-0.2, 0) is 18.9 Å². The van der Waals surface area contributed by atoms with E-state index < -0.39 is 5.60 Å². The zero-order valence-electron chi connectivity index (χ0n) is 14.6. The first-order chi connectivity index (χ1) is 10.9. The molecule has 136 valence electrons. The minimum atomic E-state index is -0.453. The van der Waals surface area contributed by atoms with Gasteiger partial charge < -0.3 is 30.0 Å². The summed E-state index contributed by atoms with van der Waals surface area (Å²) in [6, 6.07) is 0.203. The van der Waals surface area contributed by atoms with Crippen molar-refractivity contribution in [2.45, 2.75) is 45.3 Å². The van der Waals surface area contributed by atoms with E-state index in [-0.39, 0.29) is 12.1 Å². The second-order valence-electron chi connectivity index (χ2n) is 6.77. The second kappa shape index (κ2) is 10.8. The van der Waals surface area contributed by atoms with Gasteiger partial charge in [-0.15, -0.1) is 0 Å². The number of nitrogens with one attached hydrogen (secondary N) is 1. The molecule has 1 aliphatic carbocycles. The second-order valence-corrected chi connectivity index (χ2v) is 6.77. The predicted octanol–water partition coefficient (Wildman–Crippen LogP) is 1.30. The molecular weight excluding hydrogens is 300 g/mol. The van der Waals surface area contributed by atoms with Gasteiger partial charge in [0.2, 0.25) is 0 Å². The molecule has 0 aromatic carbocycles. The van der Waals surface area contributed by atoms with Crippen LogP contribution in [0.25, 0.3) is 0 Å². The Morgan fingerprint density at radius 2 is 1.61 bits per heavy atom. The number of carbonyl (C=O) groups excluding carboxylic acids is 1. The average Bonchev–Trinajstić information content (AvgIpc) is 2.40. The molecule has 0 aliphatic heterocycles. The van der Waals surface area contributed by atoms with Gasteiger partial charge in [0.15, 0.2) is 0 Å². The summed E-state index contributed by atoms with van der Waals surface area (Å²) in [4.78, 5) is 11.6. The van der Waals surface area contributed by atoms with Crippen molar-refractivity contribution in [1.82, 2.24) is 5.32 Å². The first-order valence-electron chi connectivity index (χ1n) is 8.33. The van der Waals surface area contributed by atoms with Crippen LogP contribution in [0.3, 0.4) is 0 Å². The molecule has 0 spiro atoms. The number of rotatable bonds is 11. The highest BCUT2D eigenvalue weighted by Crippen LogP contribution is 2.27. The van der Waals surface area contributed by atoms with Gasteiger partial charge in [-0.1, -0.05) is 0 Å². The zero-order chi connectivity index (χ0) is 17.1. The van der Waals surface area contributed by atoms with E-state index in [9.17, 15) is 4.79 Å². The first-order valence-corrected chi connectivity index (χ1v) is 8.33. The van der Waals surface area contributed by atoms with Crippen LogP contribution in [-0.4, -0.2) is 63.9 Å². The van der Waals surface area contributed by atoms with Crippen LogP contribution >= 0.6 is 0 Å². The fourth-order valence-corrected chi connectivity index (χ4v) is 2.24. The lowest BCUT2D eigenvalue weighted by Crippen LogP contribution is -2.47. The van der Waals surface area contributed by atoms with Crippen LogP contribution in [0.2, 0.25) is 0 Å². The minimum Gasteiger partial charge on any atom is -0.444 e. The molecule has 3 N–H and O–H groups in total. The predicted molar refractivity (Wildman–Crippen MR) is 87.4 cm³/mol. The molecule has 1 rings (SSSR count). The van der Waals surface area contributed by atoms with Crippen molar-refractivity contribution < 1.29 is 23.7 Å². The highest BCUT2D eigenvalue weighted by atomic mass is 16.6. The van der Waals surface area contributed by atoms with E-state index in [1.807, 2.05) is 20.8 Å². The maximum absolute atomic E-state index is 11.6. The number of nitrogens with two attached hydrogens (primary N) is 1. The van der Waals surface area contributed by atoms with Crippen molar-refractivity contribution in [3.05, 3.63) is 0 Å². The van der Waals surface area contributed by atoms with Crippen LogP contribution in [0.15, 0.2) is 0 Å². The van der Waals surface area contributed by atoms with Gasteiger partial charge in [-0.2, -0.15) is 0 Å². The van der Waals surface area contributed by atoms with E-state index >= 15 is 0 Å². The molecule has 0 unspecified atom stereocenters. The summed E-state index contributed by atoms with van der Waals surface area (Å²) in [7, 11) is 0. The number of alkyl carbamates (subject to hydrolysis) is 1. The van der Waals surface area contributed by atoms with Crippen molar-refractivity contribution in [1.29, 1.82) is 0 Å². The highest BCUT2D eigenvalue weighted by molar-refractivity contribution is 5.68. The highest BCUT2D eigenvalue weighted by Gasteiger charge is 2.31. The third kappa shape index (κ3) is 10.5. The Morgan fingerprint density at radius 3 is 2.17 bits per heavy atom. The maximum Gasteiger partial charge on any atom is 0.407 e. The maximum atomic E-state index is 11.6. The quantitative estimate of drug-likeness (QED) is 0.554. The molecule has 7 heteroatoms. The number of amides is 1. The average molecular weight is 332 g/mol. The summed E-state index contributed by atoms with van der Waals surface area (Å²) in [6.45, 7) is 9.67. The first kappa shape index (κ1) is 20.2. The molecule has 1 aliphatic rings. The fraction of sp³-hybridized carbons (Fsp3) is 0.938. The van der Waals surface area contributed by atoms with Gasteiger partial charge in [0.05, 0.1) is 33.0 Å². The zero-order valence-corrected chi connectivity index (χ0v) is 14.6. The van der Waals surface area contributed by atoms with Crippen molar-refractivity contribution in [2.75, 3.05) is 46.2 Å². The van der Waals surface area contributed by atoms with Gasteiger partial charge in [0.25, 0.3) is 0 Å². The summed E-state index contributed by atoms with van der Waals surface area (Å²) < 4.78 is 21.4. The molecule has 23 heavy (non-hydrogen) atoms. The summed E-state index contributed by atoms with van der Waals surface area (Å²) in [5.74, 6) is 0.503. The third-order valence-corrected chi connectivity index (χ3v) is 3.32. The van der Waals surface area contributed by atoms with Crippen LogP contribution < -0.4 is 11.1 Å². The van der Waals surface area contributed by atoms with Crippen LogP contribution in [0.1, 0.15) is 33.6 Å². The van der Waals surface area contributed by atoms with E-state index in [0.717, 1.165) is 12.8 Å². The van der Waals surface area contributed by atoms with Crippen molar-refractivity contribution in [3.63, 3.8) is 0 Å². The lowest BCUT2D eigenvalue weighted by atomic mass is 9.81. The van der Waals surface area contributed by atoms with E-state index in [4.69, 9.17) is 24.7 Å². The Balaban J connectivity index is 1.88. The van der Waals surface area contributed by atoms with E-state index in [1.165, 1.54) is 0 Å². The number of ether oxygens (including phenoxy) is 4. The van der Waals surface area contributed by atoms with Gasteiger partial charge in [0.1, 0.15) is 5.60 Å². The molecule has 0 atom stereocenters. The summed E-state index contributed by atoms with van der Waals surface area (Å²) in [5.41, 5.74) is 4.85. The lowest BCUT2D eigenvalue weighted by molar-refractivity contribution is -0.00452. The molecule has 0 saturated heterocycles. The normalized spacial score (nSPS) is 20.9. The minimum absolute atomic E-state index is 0.203. The molecule has 1 fully saturated rings. The Labute approximate surface area is 139 Å². The van der Waals surface area contributed by atoms with Crippen LogP contribution in [0, 0.1) is 5.92 Å². The largest absolute Gasteiger partial charge is 0.444 e. The fourth-order valence-electron chi connectivity index (χ4n) is 2.24. The molecule has 0 aromatic heterocycles. The van der Waals surface area contributed by atoms with E-state index in [1.54, 1.807) is 0 Å². The summed E-state index contributed by atoms with van der Waals surface area (Å²) in [6.07, 6.45) is 1.53. The molecule has 0 radical (unpaired) electrons. The Hall–Kier alpha value is -0.890. The molecule has 0 bridgehead atoms. The van der Waals surface area contributed by atoms with Gasteiger partial charge in [-0.25, -0.2) is 4.79 Å². The van der Waals surface area contributed by atoms with E-state index in [2.05, 4.69) is 5.32 Å². The van der Waals surface area contributed by atoms with E-state index in [0.29, 0.717) is 52.1 Å². The van der Waals surface area contributed by atoms with Crippen LogP contribution in [0.4, 0.5) is 4.79 Å². The smallest absolute Gasteiger partial charge is 0.407 e. The molecule has 0 aromatic rings.